The fourth-order valence-corrected chi connectivity index (χ4v) is 4.88. The van der Waals surface area contributed by atoms with Crippen LogP contribution in [0.25, 0.3) is 5.76 Å². The van der Waals surface area contributed by atoms with Gasteiger partial charge in [-0.15, -0.1) is 0 Å². The summed E-state index contributed by atoms with van der Waals surface area (Å²) in [6, 6.07) is 7.36. The molecule has 0 aromatic heterocycles. The lowest BCUT2D eigenvalue weighted by Gasteiger charge is -2.28. The molecule has 0 radical (unpaired) electrons. The first-order valence-corrected chi connectivity index (χ1v) is 11.8. The Morgan fingerprint density at radius 3 is 2.71 bits per heavy atom. The molecular weight excluding hydrogens is 504 g/mol. The predicted molar refractivity (Wildman–Crippen MR) is 127 cm³/mol. The smallest absolute Gasteiger partial charge is 0.295 e. The van der Waals surface area contributed by atoms with Crippen LogP contribution < -0.4 is 19.5 Å². The number of phenols is 1. The van der Waals surface area contributed by atoms with Gasteiger partial charge in [-0.2, -0.15) is 0 Å². The topological polar surface area (TPSA) is 104 Å². The van der Waals surface area contributed by atoms with Crippen LogP contribution in [0.1, 0.15) is 29.7 Å². The van der Waals surface area contributed by atoms with Crippen molar-refractivity contribution in [2.24, 2.45) is 0 Å². The van der Waals surface area contributed by atoms with Gasteiger partial charge in [-0.25, -0.2) is 0 Å². The number of quaternary nitrogens is 1. The molecule has 34 heavy (non-hydrogen) atoms. The molecule has 2 aliphatic heterocycles. The number of carbonyl (C=O) groups is 2. The number of ether oxygens (including phenoxy) is 2. The molecule has 1 saturated heterocycles. The largest absolute Gasteiger partial charge is 0.872 e. The number of likely N-dealkylation sites (tertiary alicyclic amines) is 1. The van der Waals surface area contributed by atoms with E-state index in [4.69, 9.17) is 9.47 Å². The van der Waals surface area contributed by atoms with Gasteiger partial charge in [0.25, 0.3) is 5.91 Å². The van der Waals surface area contributed by atoms with Crippen LogP contribution in [0, 0.1) is 0 Å². The number of nitrogens with one attached hydrogen (secondary N) is 1. The molecule has 0 aliphatic carbocycles. The summed E-state index contributed by atoms with van der Waals surface area (Å²) >= 11 is 3.31. The van der Waals surface area contributed by atoms with Gasteiger partial charge >= 0.3 is 0 Å². The number of halogens is 1. The number of hydrogen-bond acceptors (Lipinski definition) is 6. The number of benzene rings is 2. The van der Waals surface area contributed by atoms with Crippen LogP contribution in [0.3, 0.4) is 0 Å². The maximum absolute atomic E-state index is 13.7. The summed E-state index contributed by atoms with van der Waals surface area (Å²) in [6.07, 6.45) is 0.684. The van der Waals surface area contributed by atoms with Crippen molar-refractivity contribution in [1.82, 2.24) is 4.90 Å². The van der Waals surface area contributed by atoms with E-state index in [0.29, 0.717) is 28.6 Å². The minimum Gasteiger partial charge on any atom is -0.872 e. The fraction of sp³-hybridized carbons (Fsp3) is 0.360. The molecule has 1 fully saturated rings. The summed E-state index contributed by atoms with van der Waals surface area (Å²) in [6.45, 7) is 2.82. The van der Waals surface area contributed by atoms with Crippen molar-refractivity contribution in [3.05, 3.63) is 57.1 Å². The molecule has 2 heterocycles. The average Bonchev–Trinajstić information content (AvgIpc) is 3.29. The van der Waals surface area contributed by atoms with Gasteiger partial charge in [-0.05, 0) is 63.8 Å². The zero-order valence-electron chi connectivity index (χ0n) is 19.5. The molecule has 2 aromatic carbocycles. The molecule has 2 aromatic rings. The summed E-state index contributed by atoms with van der Waals surface area (Å²) < 4.78 is 11.3. The predicted octanol–water partition coefficient (Wildman–Crippen LogP) is 0.855. The van der Waals surface area contributed by atoms with Gasteiger partial charge in [0.2, 0.25) is 5.78 Å². The van der Waals surface area contributed by atoms with Gasteiger partial charge < -0.3 is 29.5 Å². The molecule has 9 heteroatoms. The third-order valence-corrected chi connectivity index (χ3v) is 6.73. The number of methoxy groups -OCH3 is 1. The number of fused-ring (bicyclic) bond motifs is 1. The summed E-state index contributed by atoms with van der Waals surface area (Å²) in [5.41, 5.74) is 1.62. The van der Waals surface area contributed by atoms with Crippen molar-refractivity contribution in [2.75, 3.05) is 34.3 Å². The second-order valence-electron chi connectivity index (χ2n) is 8.94. The quantitative estimate of drug-likeness (QED) is 0.326. The summed E-state index contributed by atoms with van der Waals surface area (Å²) in [7, 11) is 5.30. The van der Waals surface area contributed by atoms with Crippen molar-refractivity contribution >= 4 is 33.4 Å². The molecule has 1 amide bonds. The van der Waals surface area contributed by atoms with Crippen LogP contribution in [0.15, 0.2) is 40.4 Å². The Morgan fingerprint density at radius 1 is 1.29 bits per heavy atom. The molecule has 0 bridgehead atoms. The number of rotatable bonds is 6. The minimum atomic E-state index is -0.902. The van der Waals surface area contributed by atoms with E-state index in [0.717, 1.165) is 16.2 Å². The molecule has 0 saturated carbocycles. The highest BCUT2D eigenvalue weighted by atomic mass is 79.9. The highest BCUT2D eigenvalue weighted by molar-refractivity contribution is 9.10. The van der Waals surface area contributed by atoms with E-state index in [1.807, 2.05) is 21.0 Å². The highest BCUT2D eigenvalue weighted by Gasteiger charge is 2.44. The third-order valence-electron chi connectivity index (χ3n) is 6.13. The first kappa shape index (κ1) is 24.1. The van der Waals surface area contributed by atoms with Crippen LogP contribution in [-0.4, -0.2) is 62.1 Å². The number of carbonyl (C=O) groups excluding carboxylic acids is 2. The van der Waals surface area contributed by atoms with E-state index in [1.54, 1.807) is 30.3 Å². The van der Waals surface area contributed by atoms with Gasteiger partial charge in [0.15, 0.2) is 11.5 Å². The maximum Gasteiger partial charge on any atom is 0.295 e. The number of hydrogen-bond donors (Lipinski definition) is 2. The molecule has 2 N–H and O–H groups in total. The molecule has 2 aliphatic rings. The Bertz CT molecular complexity index is 1190. The van der Waals surface area contributed by atoms with Crippen molar-refractivity contribution in [2.45, 2.75) is 25.5 Å². The Hall–Kier alpha value is -3.04. The van der Waals surface area contributed by atoms with Crippen molar-refractivity contribution in [1.29, 1.82) is 0 Å². The number of phenolic OH excluding ortho intramolecular Hbond substituents is 1. The Kier molecular flexibility index (Phi) is 6.60. The van der Waals surface area contributed by atoms with Crippen LogP contribution in [0.4, 0.5) is 0 Å². The van der Waals surface area contributed by atoms with Gasteiger partial charge in [0, 0.05) is 12.0 Å². The van der Waals surface area contributed by atoms with Gasteiger partial charge in [0.1, 0.15) is 11.9 Å². The Morgan fingerprint density at radius 2 is 2.03 bits per heavy atom. The number of amides is 1. The SMILES string of the molecule is COc1cc(C2C(=C([O-])c3ccc4c(c3)CC(C)O4)C(=O)C(=O)N2CC[NH+](C)C)cc(Br)c1O. The molecule has 0 spiro atoms. The average molecular weight is 531 g/mol. The lowest BCUT2D eigenvalue weighted by Crippen LogP contribution is -3.06. The second-order valence-corrected chi connectivity index (χ2v) is 9.79. The van der Waals surface area contributed by atoms with E-state index < -0.39 is 23.5 Å². The number of aromatic hydroxyl groups is 1. The number of ketones is 1. The van der Waals surface area contributed by atoms with Crippen LogP contribution in [0.5, 0.6) is 17.2 Å². The van der Waals surface area contributed by atoms with Crippen molar-refractivity contribution < 1.29 is 34.2 Å². The summed E-state index contributed by atoms with van der Waals surface area (Å²) in [5.74, 6) is -1.22. The third kappa shape index (κ3) is 4.25. The minimum absolute atomic E-state index is 0.0151. The van der Waals surface area contributed by atoms with Crippen LogP contribution in [0.2, 0.25) is 0 Å². The molecule has 180 valence electrons. The first-order valence-electron chi connectivity index (χ1n) is 11.0. The molecule has 8 nitrogen and oxygen atoms in total. The van der Waals surface area contributed by atoms with E-state index in [1.165, 1.54) is 12.0 Å². The van der Waals surface area contributed by atoms with E-state index in [2.05, 4.69) is 15.9 Å². The molecule has 4 rings (SSSR count). The fourth-order valence-electron chi connectivity index (χ4n) is 4.42. The Labute approximate surface area is 206 Å². The lowest BCUT2D eigenvalue weighted by atomic mass is 9.94. The van der Waals surface area contributed by atoms with E-state index >= 15 is 0 Å². The van der Waals surface area contributed by atoms with Gasteiger partial charge in [-0.1, -0.05) is 11.8 Å². The number of Topliss-reactive ketones (excluding diaryl/α,β-unsaturated/α-hetero) is 1. The molecule has 2 unspecified atom stereocenters. The standard InChI is InChI=1S/C25H27BrN2O6/c1-13-9-15-10-14(5-6-18(15)34-13)22(29)20-21(16-11-17(26)23(30)19(12-16)33-4)28(8-7-27(2)3)25(32)24(20)31/h5-6,10-13,21,29-30H,7-9H2,1-4H3. The highest BCUT2D eigenvalue weighted by Crippen LogP contribution is 2.44. The lowest BCUT2D eigenvalue weighted by molar-refractivity contribution is -0.857. The Balaban J connectivity index is 1.87. The maximum atomic E-state index is 13.7. The zero-order valence-corrected chi connectivity index (χ0v) is 21.1. The van der Waals surface area contributed by atoms with E-state index in [-0.39, 0.29) is 29.7 Å². The second kappa shape index (κ2) is 9.31. The number of nitrogens with zero attached hydrogens (tertiary/aromatic N) is 1. The van der Waals surface area contributed by atoms with Crippen LogP contribution in [-0.2, 0) is 16.0 Å². The van der Waals surface area contributed by atoms with Crippen molar-refractivity contribution in [3.63, 3.8) is 0 Å². The molecule has 2 atom stereocenters. The molecular formula is C25H27BrN2O6. The van der Waals surface area contributed by atoms with Crippen LogP contribution >= 0.6 is 15.9 Å². The summed E-state index contributed by atoms with van der Waals surface area (Å²) in [5, 5.41) is 23.9. The van der Waals surface area contributed by atoms with Gasteiger partial charge in [0.05, 0.1) is 44.8 Å². The summed E-state index contributed by atoms with van der Waals surface area (Å²) in [4.78, 5) is 28.8. The number of likely N-dealkylation sites (N-methyl/N-ethyl adjacent to an activating group) is 1. The normalized spacial score (nSPS) is 21.2. The van der Waals surface area contributed by atoms with Gasteiger partial charge in [-0.3, -0.25) is 9.59 Å². The van der Waals surface area contributed by atoms with Crippen molar-refractivity contribution in [3.8, 4) is 17.2 Å². The first-order chi connectivity index (χ1) is 16.1. The van der Waals surface area contributed by atoms with E-state index in [9.17, 15) is 19.8 Å². The zero-order chi connectivity index (χ0) is 24.7. The monoisotopic (exact) mass is 530 g/mol.